The third-order valence-corrected chi connectivity index (χ3v) is 5.09. The van der Waals surface area contributed by atoms with Crippen LogP contribution in [0.25, 0.3) is 10.9 Å². The van der Waals surface area contributed by atoms with E-state index in [1.165, 1.54) is 13.2 Å². The molecule has 3 aromatic rings. The molecule has 1 amide bonds. The van der Waals surface area contributed by atoms with Crippen molar-refractivity contribution < 1.29 is 23.0 Å². The van der Waals surface area contributed by atoms with Gasteiger partial charge < -0.3 is 19.8 Å². The van der Waals surface area contributed by atoms with Gasteiger partial charge in [-0.25, -0.2) is 0 Å². The molecular weight excluding hydrogens is 446 g/mol. The number of aryl methyl sites for hydroxylation is 1. The Balaban J connectivity index is 1.59. The van der Waals surface area contributed by atoms with Gasteiger partial charge in [-0.15, -0.1) is 0 Å². The van der Waals surface area contributed by atoms with E-state index in [1.807, 2.05) is 25.1 Å². The lowest BCUT2D eigenvalue weighted by atomic mass is 10.1. The summed E-state index contributed by atoms with van der Waals surface area (Å²) in [5.41, 5.74) is 3.77. The maximum Gasteiger partial charge on any atom is 0.387 e. The molecule has 0 radical (unpaired) electrons. The van der Waals surface area contributed by atoms with E-state index in [2.05, 4.69) is 31.0 Å². The number of amides is 1. The Morgan fingerprint density at radius 1 is 1.21 bits per heavy atom. The van der Waals surface area contributed by atoms with Gasteiger partial charge in [-0.05, 0) is 54.8 Å². The van der Waals surface area contributed by atoms with E-state index >= 15 is 0 Å². The number of hydrogen-bond donors (Lipinski definition) is 2. The van der Waals surface area contributed by atoms with E-state index in [1.54, 1.807) is 12.1 Å². The molecule has 2 N–H and O–H groups in total. The van der Waals surface area contributed by atoms with Gasteiger partial charge in [-0.1, -0.05) is 22.0 Å². The van der Waals surface area contributed by atoms with E-state index in [0.717, 1.165) is 32.2 Å². The first-order valence-electron chi connectivity index (χ1n) is 9.02. The predicted octanol–water partition coefficient (Wildman–Crippen LogP) is 4.75. The molecule has 0 unspecified atom stereocenters. The number of alkyl halides is 2. The molecule has 5 nitrogen and oxygen atoms in total. The topological polar surface area (TPSA) is 63.3 Å². The summed E-state index contributed by atoms with van der Waals surface area (Å²) in [6.45, 7) is -0.545. The molecule has 0 atom stereocenters. The first-order chi connectivity index (χ1) is 13.9. The third kappa shape index (κ3) is 5.26. The summed E-state index contributed by atoms with van der Waals surface area (Å²) in [6, 6.07) is 10.7. The number of nitrogens with one attached hydrogen (secondary N) is 2. The smallest absolute Gasteiger partial charge is 0.387 e. The van der Waals surface area contributed by atoms with Gasteiger partial charge in [0.15, 0.2) is 11.5 Å². The molecule has 0 spiro atoms. The molecular formula is C21H21BrF2N2O3. The van der Waals surface area contributed by atoms with Crippen LogP contribution < -0.4 is 14.8 Å². The van der Waals surface area contributed by atoms with Gasteiger partial charge in [0.1, 0.15) is 0 Å². The number of halogens is 3. The predicted molar refractivity (Wildman–Crippen MR) is 111 cm³/mol. The summed E-state index contributed by atoms with van der Waals surface area (Å²) in [5.74, 6) is 0.129. The summed E-state index contributed by atoms with van der Waals surface area (Å²) in [6.07, 6.45) is 0.808. The molecule has 0 bridgehead atoms. The van der Waals surface area contributed by atoms with Gasteiger partial charge in [0.25, 0.3) is 0 Å². The Morgan fingerprint density at radius 3 is 2.72 bits per heavy atom. The van der Waals surface area contributed by atoms with E-state index in [9.17, 15) is 13.6 Å². The van der Waals surface area contributed by atoms with Gasteiger partial charge in [0.2, 0.25) is 5.91 Å². The first-order valence-corrected chi connectivity index (χ1v) is 9.82. The summed E-state index contributed by atoms with van der Waals surface area (Å²) in [7, 11) is 1.39. The number of benzene rings is 2. The summed E-state index contributed by atoms with van der Waals surface area (Å²) in [5, 5.41) is 3.92. The largest absolute Gasteiger partial charge is 0.493 e. The number of hydrogen-bond acceptors (Lipinski definition) is 3. The Morgan fingerprint density at radius 2 is 2.00 bits per heavy atom. The third-order valence-electron chi connectivity index (χ3n) is 4.60. The molecule has 29 heavy (non-hydrogen) atoms. The first kappa shape index (κ1) is 21.1. The number of aromatic amines is 1. The molecule has 154 valence electrons. The number of rotatable bonds is 8. The zero-order valence-corrected chi connectivity index (χ0v) is 17.6. The van der Waals surface area contributed by atoms with Crippen LogP contribution >= 0.6 is 15.9 Å². The fraction of sp³-hybridized carbons (Fsp3) is 0.286. The fourth-order valence-electron chi connectivity index (χ4n) is 3.21. The maximum absolute atomic E-state index is 12.4. The number of methoxy groups -OCH3 is 1. The lowest BCUT2D eigenvalue weighted by molar-refractivity contribution is -0.120. The zero-order chi connectivity index (χ0) is 21.0. The van der Waals surface area contributed by atoms with Crippen molar-refractivity contribution in [2.45, 2.75) is 26.4 Å². The van der Waals surface area contributed by atoms with Crippen molar-refractivity contribution in [3.63, 3.8) is 0 Å². The molecule has 8 heteroatoms. The Labute approximate surface area is 175 Å². The molecule has 0 aliphatic carbocycles. The van der Waals surface area contributed by atoms with E-state index < -0.39 is 6.61 Å². The van der Waals surface area contributed by atoms with Crippen molar-refractivity contribution in [1.82, 2.24) is 10.3 Å². The van der Waals surface area contributed by atoms with Crippen LogP contribution in [0.2, 0.25) is 0 Å². The monoisotopic (exact) mass is 466 g/mol. The number of ether oxygens (including phenoxy) is 2. The van der Waals surface area contributed by atoms with Crippen LogP contribution in [0.4, 0.5) is 8.78 Å². The molecule has 0 aliphatic heterocycles. The Kier molecular flexibility index (Phi) is 6.74. The SMILES string of the molecule is COc1cc(CCNC(=O)Cc2c(C)[nH]c3ccc(Br)cc23)ccc1OC(F)F. The minimum absolute atomic E-state index is 0.0174. The van der Waals surface area contributed by atoms with Crippen LogP contribution in [0, 0.1) is 6.92 Å². The number of H-pyrrole nitrogens is 1. The highest BCUT2D eigenvalue weighted by atomic mass is 79.9. The van der Waals surface area contributed by atoms with Crippen LogP contribution in [0.15, 0.2) is 40.9 Å². The van der Waals surface area contributed by atoms with Gasteiger partial charge in [0, 0.05) is 27.6 Å². The fourth-order valence-corrected chi connectivity index (χ4v) is 3.57. The summed E-state index contributed by atoms with van der Waals surface area (Å²) in [4.78, 5) is 15.7. The van der Waals surface area contributed by atoms with Gasteiger partial charge in [-0.2, -0.15) is 8.78 Å². The normalized spacial score (nSPS) is 11.1. The van der Waals surface area contributed by atoms with Crippen molar-refractivity contribution in [1.29, 1.82) is 0 Å². The van der Waals surface area contributed by atoms with Crippen molar-refractivity contribution in [3.8, 4) is 11.5 Å². The molecule has 1 aromatic heterocycles. The lowest BCUT2D eigenvalue weighted by Crippen LogP contribution is -2.27. The minimum Gasteiger partial charge on any atom is -0.493 e. The summed E-state index contributed by atoms with van der Waals surface area (Å²) >= 11 is 3.46. The minimum atomic E-state index is -2.91. The molecule has 0 fully saturated rings. The lowest BCUT2D eigenvalue weighted by Gasteiger charge is -2.12. The van der Waals surface area contributed by atoms with Crippen LogP contribution in [0.3, 0.4) is 0 Å². The van der Waals surface area contributed by atoms with Crippen LogP contribution in [0.1, 0.15) is 16.8 Å². The number of fused-ring (bicyclic) bond motifs is 1. The molecule has 0 saturated heterocycles. The van der Waals surface area contributed by atoms with Crippen molar-refractivity contribution in [3.05, 3.63) is 57.7 Å². The van der Waals surface area contributed by atoms with Crippen LogP contribution in [0.5, 0.6) is 11.5 Å². The number of aromatic nitrogens is 1. The van der Waals surface area contributed by atoms with Crippen molar-refractivity contribution in [2.75, 3.05) is 13.7 Å². The van der Waals surface area contributed by atoms with Crippen LogP contribution in [-0.4, -0.2) is 31.2 Å². The molecule has 0 saturated carbocycles. The molecule has 0 aliphatic rings. The maximum atomic E-state index is 12.4. The second-order valence-corrected chi connectivity index (χ2v) is 7.47. The van der Waals surface area contributed by atoms with Gasteiger partial charge in [0.05, 0.1) is 13.5 Å². The second kappa shape index (κ2) is 9.26. The van der Waals surface area contributed by atoms with E-state index in [4.69, 9.17) is 4.74 Å². The van der Waals surface area contributed by atoms with Crippen LogP contribution in [-0.2, 0) is 17.6 Å². The quantitative estimate of drug-likeness (QED) is 0.503. The highest BCUT2D eigenvalue weighted by Gasteiger charge is 2.14. The number of carbonyl (C=O) groups is 1. The van der Waals surface area contributed by atoms with Gasteiger partial charge in [-0.3, -0.25) is 4.79 Å². The van der Waals surface area contributed by atoms with Gasteiger partial charge >= 0.3 is 6.61 Å². The standard InChI is InChI=1S/C21H21BrF2N2O3/c1-12-15(16-10-14(22)4-5-17(16)26-12)11-20(27)25-8-7-13-3-6-18(29-21(23)24)19(9-13)28-2/h3-6,9-10,21,26H,7-8,11H2,1-2H3,(H,25,27). The Bertz CT molecular complexity index is 1020. The van der Waals surface area contributed by atoms with Crippen molar-refractivity contribution in [2.24, 2.45) is 0 Å². The van der Waals surface area contributed by atoms with Crippen molar-refractivity contribution >= 4 is 32.7 Å². The van der Waals surface area contributed by atoms with E-state index in [-0.39, 0.29) is 23.8 Å². The average Bonchev–Trinajstić information content (AvgIpc) is 2.97. The molecule has 1 heterocycles. The molecule has 2 aromatic carbocycles. The zero-order valence-electron chi connectivity index (χ0n) is 16.0. The highest BCUT2D eigenvalue weighted by molar-refractivity contribution is 9.10. The average molecular weight is 467 g/mol. The number of carbonyl (C=O) groups excluding carboxylic acids is 1. The molecule has 3 rings (SSSR count). The second-order valence-electron chi connectivity index (χ2n) is 6.56. The highest BCUT2D eigenvalue weighted by Crippen LogP contribution is 2.29. The van der Waals surface area contributed by atoms with E-state index in [0.29, 0.717) is 13.0 Å². The summed E-state index contributed by atoms with van der Waals surface area (Å²) < 4.78 is 35.3. The Hall–Kier alpha value is -2.61.